The highest BCUT2D eigenvalue weighted by molar-refractivity contribution is 7.23. The molecule has 232 valence electrons. The molecule has 9 rings (SSSR count). The van der Waals surface area contributed by atoms with E-state index < -0.39 is 17.5 Å². The van der Waals surface area contributed by atoms with Gasteiger partial charge in [-0.15, -0.1) is 11.3 Å². The van der Waals surface area contributed by atoms with Gasteiger partial charge in [0.05, 0.1) is 27.6 Å². The number of aromatic nitrogens is 2. The van der Waals surface area contributed by atoms with Gasteiger partial charge in [-0.05, 0) is 43.9 Å². The summed E-state index contributed by atoms with van der Waals surface area (Å²) in [5.74, 6) is 0.189. The van der Waals surface area contributed by atoms with Crippen LogP contribution in [0.5, 0.6) is 11.8 Å². The van der Waals surface area contributed by atoms with Crippen LogP contribution in [-0.4, -0.2) is 77.6 Å². The maximum Gasteiger partial charge on any atom is 0.319 e. The highest BCUT2D eigenvalue weighted by Crippen LogP contribution is 2.51. The smallest absolute Gasteiger partial charge is 0.319 e. The molecule has 5 atom stereocenters. The lowest BCUT2D eigenvalue weighted by molar-refractivity contribution is 0.107. The van der Waals surface area contributed by atoms with E-state index in [0.717, 1.165) is 36.9 Å². The summed E-state index contributed by atoms with van der Waals surface area (Å²) in [6.45, 7) is 2.46. The predicted octanol–water partition coefficient (Wildman–Crippen LogP) is 5.41. The number of alkyl halides is 1. The lowest BCUT2D eigenvalue weighted by Crippen LogP contribution is -2.60. The average Bonchev–Trinajstić information content (AvgIpc) is 3.74. The van der Waals surface area contributed by atoms with Gasteiger partial charge in [-0.3, -0.25) is 4.90 Å². The Morgan fingerprint density at radius 1 is 1.27 bits per heavy atom. The number of halogens is 3. The van der Waals surface area contributed by atoms with Crippen molar-refractivity contribution in [1.82, 2.24) is 20.2 Å². The van der Waals surface area contributed by atoms with Gasteiger partial charge in [-0.1, -0.05) is 23.7 Å². The summed E-state index contributed by atoms with van der Waals surface area (Å²) < 4.78 is 45.2. The molecule has 4 aromatic rings. The lowest BCUT2D eigenvalue weighted by Gasteiger charge is -2.40. The van der Waals surface area contributed by atoms with Crippen molar-refractivity contribution in [2.24, 2.45) is 0 Å². The Kier molecular flexibility index (Phi) is 6.17. The molecule has 7 heterocycles. The molecule has 4 fully saturated rings. The van der Waals surface area contributed by atoms with Crippen LogP contribution in [0, 0.1) is 17.1 Å². The van der Waals surface area contributed by atoms with E-state index in [0.29, 0.717) is 59.0 Å². The van der Waals surface area contributed by atoms with E-state index in [1.165, 1.54) is 11.3 Å². The van der Waals surface area contributed by atoms with Crippen LogP contribution in [0.15, 0.2) is 18.2 Å². The zero-order valence-corrected chi connectivity index (χ0v) is 25.9. The van der Waals surface area contributed by atoms with Gasteiger partial charge in [0.1, 0.15) is 41.8 Å². The molecule has 0 unspecified atom stereocenters. The molecule has 2 bridgehead atoms. The number of hydrogen-bond donors (Lipinski definition) is 2. The van der Waals surface area contributed by atoms with Crippen LogP contribution in [0.2, 0.25) is 5.02 Å². The summed E-state index contributed by atoms with van der Waals surface area (Å²) in [6.07, 6.45) is 3.34. The number of rotatable bonds is 4. The lowest BCUT2D eigenvalue weighted by atomic mass is 9.95. The van der Waals surface area contributed by atoms with Crippen molar-refractivity contribution in [3.8, 4) is 29.0 Å². The third kappa shape index (κ3) is 4.00. The molecule has 45 heavy (non-hydrogen) atoms. The molecule has 5 aliphatic heterocycles. The van der Waals surface area contributed by atoms with Crippen LogP contribution >= 0.6 is 22.9 Å². The van der Waals surface area contributed by atoms with Gasteiger partial charge in [0.15, 0.2) is 11.6 Å². The van der Waals surface area contributed by atoms with Crippen molar-refractivity contribution in [3.63, 3.8) is 0 Å². The maximum atomic E-state index is 17.1. The predicted molar refractivity (Wildman–Crippen MR) is 170 cm³/mol. The number of benzene rings is 2. The minimum atomic E-state index is -0.901. The summed E-state index contributed by atoms with van der Waals surface area (Å²) in [4.78, 5) is 14.0. The number of hydrogen-bond acceptors (Lipinski definition) is 10. The largest absolute Gasteiger partial charge is 0.489 e. The molecule has 0 saturated carbocycles. The van der Waals surface area contributed by atoms with E-state index in [4.69, 9.17) is 31.8 Å². The highest BCUT2D eigenvalue weighted by Gasteiger charge is 2.50. The zero-order valence-electron chi connectivity index (χ0n) is 24.3. The Hall–Kier alpha value is -3.50. The summed E-state index contributed by atoms with van der Waals surface area (Å²) in [5, 5.41) is 15.0. The normalized spacial score (nSPS) is 28.6. The number of nitrogens with zero attached hydrogens (tertiary/aromatic N) is 5. The third-order valence-corrected chi connectivity index (χ3v) is 11.9. The topological polar surface area (TPSA) is 113 Å². The first-order valence-electron chi connectivity index (χ1n) is 15.5. The molecular formula is C32H30ClF2N7O2S. The Balaban J connectivity index is 1.25. The average molecular weight is 650 g/mol. The number of nitrogen functional groups attached to an aromatic ring is 1. The van der Waals surface area contributed by atoms with Crippen molar-refractivity contribution in [3.05, 3.63) is 34.6 Å². The monoisotopic (exact) mass is 649 g/mol. The van der Waals surface area contributed by atoms with Crippen LogP contribution in [-0.2, 0) is 0 Å². The van der Waals surface area contributed by atoms with Gasteiger partial charge in [-0.2, -0.15) is 15.2 Å². The first-order valence-corrected chi connectivity index (χ1v) is 16.7. The summed E-state index contributed by atoms with van der Waals surface area (Å²) in [7, 11) is 0. The molecule has 0 amide bonds. The van der Waals surface area contributed by atoms with Crippen molar-refractivity contribution in [2.75, 3.05) is 43.5 Å². The molecule has 4 saturated heterocycles. The fourth-order valence-electron chi connectivity index (χ4n) is 8.52. The third-order valence-electron chi connectivity index (χ3n) is 10.5. The molecule has 0 spiro atoms. The molecule has 13 heteroatoms. The summed E-state index contributed by atoms with van der Waals surface area (Å²) in [6, 6.07) is 8.01. The minimum Gasteiger partial charge on any atom is -0.489 e. The second-order valence-electron chi connectivity index (χ2n) is 13.0. The van der Waals surface area contributed by atoms with Gasteiger partial charge >= 0.3 is 6.01 Å². The van der Waals surface area contributed by atoms with E-state index in [1.807, 2.05) is 6.07 Å². The molecule has 0 radical (unpaired) electrons. The number of fused-ring (bicyclic) bond motifs is 7. The number of nitriles is 1. The highest BCUT2D eigenvalue weighted by atomic mass is 35.5. The quantitative estimate of drug-likeness (QED) is 0.300. The van der Waals surface area contributed by atoms with Gasteiger partial charge in [0.25, 0.3) is 0 Å². The fourth-order valence-corrected chi connectivity index (χ4v) is 9.80. The number of thiophene rings is 1. The van der Waals surface area contributed by atoms with E-state index in [9.17, 15) is 9.65 Å². The summed E-state index contributed by atoms with van der Waals surface area (Å²) in [5.41, 5.74) is 6.62. The standard InChI is InChI=1S/C32H30ClF2N7O2S/c33-25-23(17-3-1-4-21-22(17)18(10-36)29(37)45-21)26(35)27-24-28(25)43-13-20-19-6-5-16(38-19)12-42(20)30(24)40-31(39-27)44-14-32-7-2-8-41(32)11-15(34)9-32/h1,3-4,15-16,19-20,38H,2,5-9,11-14,37H2/t15-,16+,19-,20+,32+/m1/s1. The molecule has 0 aliphatic carbocycles. The van der Waals surface area contributed by atoms with Crippen LogP contribution in [0.3, 0.4) is 0 Å². The van der Waals surface area contributed by atoms with Gasteiger partial charge in [0.2, 0.25) is 0 Å². The molecule has 2 aromatic heterocycles. The van der Waals surface area contributed by atoms with E-state index in [2.05, 4.69) is 26.2 Å². The fraction of sp³-hybridized carbons (Fsp3) is 0.469. The Morgan fingerprint density at radius 2 is 2.16 bits per heavy atom. The van der Waals surface area contributed by atoms with E-state index >= 15 is 4.39 Å². The van der Waals surface area contributed by atoms with Gasteiger partial charge < -0.3 is 25.4 Å². The number of anilines is 2. The maximum absolute atomic E-state index is 17.1. The Labute approximate surface area is 266 Å². The molecule has 3 N–H and O–H groups in total. The van der Waals surface area contributed by atoms with E-state index in [-0.39, 0.29) is 52.4 Å². The Bertz CT molecular complexity index is 1950. The first-order chi connectivity index (χ1) is 21.8. The number of nitrogens with one attached hydrogen (secondary N) is 1. The summed E-state index contributed by atoms with van der Waals surface area (Å²) >= 11 is 8.38. The van der Waals surface area contributed by atoms with E-state index in [1.54, 1.807) is 12.1 Å². The molecule has 5 aliphatic rings. The van der Waals surface area contributed by atoms with Crippen LogP contribution in [0.25, 0.3) is 32.1 Å². The second kappa shape index (κ2) is 10.00. The van der Waals surface area contributed by atoms with Crippen LogP contribution in [0.4, 0.5) is 19.6 Å². The van der Waals surface area contributed by atoms with Crippen LogP contribution < -0.4 is 25.4 Å². The minimum absolute atomic E-state index is 0.0326. The second-order valence-corrected chi connectivity index (χ2v) is 14.4. The molecule has 9 nitrogen and oxygen atoms in total. The van der Waals surface area contributed by atoms with Crippen molar-refractivity contribution in [2.45, 2.75) is 61.9 Å². The number of piperazine rings is 1. The van der Waals surface area contributed by atoms with Crippen molar-refractivity contribution in [1.29, 1.82) is 5.26 Å². The number of nitrogens with two attached hydrogens (primary N) is 1. The zero-order chi connectivity index (χ0) is 30.6. The van der Waals surface area contributed by atoms with Crippen LogP contribution in [0.1, 0.15) is 37.7 Å². The SMILES string of the molecule is N#Cc1c(N)sc2cccc(-c3c(Cl)c4c5c(nc(OC[C@@]67CCCN6C[C@H](F)C7)nc5c3F)N3C[C@@H]5CC[C@@H](N5)[C@@H]3CO4)c12. The Morgan fingerprint density at radius 3 is 3.02 bits per heavy atom. The first kappa shape index (κ1) is 27.8. The molecule has 2 aromatic carbocycles. The molecular weight excluding hydrogens is 620 g/mol. The van der Waals surface area contributed by atoms with Crippen molar-refractivity contribution < 1.29 is 18.3 Å². The van der Waals surface area contributed by atoms with Gasteiger partial charge in [-0.25, -0.2) is 8.78 Å². The number of ether oxygens (including phenoxy) is 2. The van der Waals surface area contributed by atoms with Gasteiger partial charge in [0, 0.05) is 47.2 Å². The van der Waals surface area contributed by atoms with Crippen molar-refractivity contribution >= 4 is 54.7 Å².